The van der Waals surface area contributed by atoms with Gasteiger partial charge in [-0.15, -0.1) is 0 Å². The highest BCUT2D eigenvalue weighted by Crippen LogP contribution is 2.32. The average Bonchev–Trinajstić information content (AvgIpc) is 2.95. The summed E-state index contributed by atoms with van der Waals surface area (Å²) in [5.74, 6) is -0.812. The fourth-order valence-corrected chi connectivity index (χ4v) is 3.59. The van der Waals surface area contributed by atoms with Gasteiger partial charge in [-0.2, -0.15) is 0 Å². The van der Waals surface area contributed by atoms with Crippen molar-refractivity contribution in [1.82, 2.24) is 10.6 Å². The molecule has 20 heavy (non-hydrogen) atoms. The SMILES string of the molecule is CCC1(C(=O)NCC2CCCCC2C(=O)O)CCNC1. The van der Waals surface area contributed by atoms with Gasteiger partial charge in [-0.25, -0.2) is 0 Å². The van der Waals surface area contributed by atoms with Crippen molar-refractivity contribution < 1.29 is 14.7 Å². The van der Waals surface area contributed by atoms with Crippen LogP contribution in [0.25, 0.3) is 0 Å². The van der Waals surface area contributed by atoms with Crippen LogP contribution in [0.2, 0.25) is 0 Å². The van der Waals surface area contributed by atoms with Crippen LogP contribution in [0, 0.1) is 17.3 Å². The molecule has 5 nitrogen and oxygen atoms in total. The highest BCUT2D eigenvalue weighted by Gasteiger charge is 2.40. The predicted molar refractivity (Wildman–Crippen MR) is 76.3 cm³/mol. The highest BCUT2D eigenvalue weighted by atomic mass is 16.4. The summed E-state index contributed by atoms with van der Waals surface area (Å²) >= 11 is 0. The second-order valence-electron chi connectivity index (χ2n) is 6.26. The number of carboxylic acids is 1. The molecule has 5 heteroatoms. The molecule has 1 amide bonds. The maximum atomic E-state index is 12.4. The van der Waals surface area contributed by atoms with E-state index in [1.807, 2.05) is 6.92 Å². The third-order valence-corrected chi connectivity index (χ3v) is 5.15. The van der Waals surface area contributed by atoms with Gasteiger partial charge >= 0.3 is 5.97 Å². The fourth-order valence-electron chi connectivity index (χ4n) is 3.59. The molecule has 2 aliphatic rings. The lowest BCUT2D eigenvalue weighted by molar-refractivity contribution is -0.145. The van der Waals surface area contributed by atoms with Gasteiger partial charge in [-0.1, -0.05) is 19.8 Å². The topological polar surface area (TPSA) is 78.4 Å². The lowest BCUT2D eigenvalue weighted by Gasteiger charge is -2.31. The highest BCUT2D eigenvalue weighted by molar-refractivity contribution is 5.83. The Bertz CT molecular complexity index is 364. The maximum absolute atomic E-state index is 12.4. The van der Waals surface area contributed by atoms with E-state index in [0.29, 0.717) is 6.54 Å². The first kappa shape index (κ1) is 15.3. The Labute approximate surface area is 120 Å². The molecular weight excluding hydrogens is 256 g/mol. The molecule has 1 saturated heterocycles. The zero-order chi connectivity index (χ0) is 14.6. The van der Waals surface area contributed by atoms with Crippen LogP contribution in [0.5, 0.6) is 0 Å². The number of nitrogens with one attached hydrogen (secondary N) is 2. The van der Waals surface area contributed by atoms with Gasteiger partial charge in [-0.3, -0.25) is 9.59 Å². The molecule has 114 valence electrons. The van der Waals surface area contributed by atoms with Crippen LogP contribution < -0.4 is 10.6 Å². The number of carbonyl (C=O) groups is 2. The Kier molecular flexibility index (Phi) is 5.02. The number of hydrogen-bond donors (Lipinski definition) is 3. The number of amides is 1. The number of aliphatic carboxylic acids is 1. The zero-order valence-electron chi connectivity index (χ0n) is 12.3. The van der Waals surface area contributed by atoms with Gasteiger partial charge in [-0.05, 0) is 38.1 Å². The summed E-state index contributed by atoms with van der Waals surface area (Å²) in [6.45, 7) is 4.19. The van der Waals surface area contributed by atoms with Crippen molar-refractivity contribution in [1.29, 1.82) is 0 Å². The van der Waals surface area contributed by atoms with E-state index in [2.05, 4.69) is 10.6 Å². The van der Waals surface area contributed by atoms with E-state index in [9.17, 15) is 14.7 Å². The summed E-state index contributed by atoms with van der Waals surface area (Å²) in [6.07, 6.45) is 5.43. The van der Waals surface area contributed by atoms with E-state index in [4.69, 9.17) is 0 Å². The van der Waals surface area contributed by atoms with Crippen molar-refractivity contribution in [2.75, 3.05) is 19.6 Å². The van der Waals surface area contributed by atoms with E-state index < -0.39 is 5.97 Å². The second kappa shape index (κ2) is 6.57. The van der Waals surface area contributed by atoms with Crippen LogP contribution in [-0.2, 0) is 9.59 Å². The molecular formula is C15H26N2O3. The van der Waals surface area contributed by atoms with Gasteiger partial charge in [0.1, 0.15) is 0 Å². The summed E-state index contributed by atoms with van der Waals surface area (Å²) in [7, 11) is 0. The molecule has 0 aromatic heterocycles. The predicted octanol–water partition coefficient (Wildman–Crippen LogP) is 1.38. The molecule has 2 fully saturated rings. The summed E-state index contributed by atoms with van der Waals surface area (Å²) < 4.78 is 0. The molecule has 1 saturated carbocycles. The van der Waals surface area contributed by atoms with E-state index in [1.54, 1.807) is 0 Å². The monoisotopic (exact) mass is 282 g/mol. The van der Waals surface area contributed by atoms with Crippen LogP contribution in [0.4, 0.5) is 0 Å². The van der Waals surface area contributed by atoms with Crippen molar-refractivity contribution in [2.24, 2.45) is 17.3 Å². The Balaban J connectivity index is 1.90. The number of carbonyl (C=O) groups excluding carboxylic acids is 1. The molecule has 3 N–H and O–H groups in total. The van der Waals surface area contributed by atoms with Crippen LogP contribution in [0.3, 0.4) is 0 Å². The van der Waals surface area contributed by atoms with E-state index in [0.717, 1.165) is 51.6 Å². The van der Waals surface area contributed by atoms with Crippen LogP contribution in [0.15, 0.2) is 0 Å². The molecule has 0 aromatic carbocycles. The number of carboxylic acid groups (broad SMARTS) is 1. The normalized spacial score (nSPS) is 33.9. The van der Waals surface area contributed by atoms with Gasteiger partial charge in [0, 0.05) is 13.1 Å². The summed E-state index contributed by atoms with van der Waals surface area (Å²) in [5, 5.41) is 15.5. The molecule has 0 spiro atoms. The molecule has 2 rings (SSSR count). The van der Waals surface area contributed by atoms with E-state index in [-0.39, 0.29) is 23.2 Å². The Morgan fingerprint density at radius 2 is 2.10 bits per heavy atom. The lowest BCUT2D eigenvalue weighted by atomic mass is 9.78. The van der Waals surface area contributed by atoms with Crippen molar-refractivity contribution in [3.8, 4) is 0 Å². The number of hydrogen-bond acceptors (Lipinski definition) is 3. The molecule has 0 radical (unpaired) electrons. The minimum Gasteiger partial charge on any atom is -0.481 e. The lowest BCUT2D eigenvalue weighted by Crippen LogP contribution is -2.45. The summed E-state index contributed by atoms with van der Waals surface area (Å²) in [6, 6.07) is 0. The molecule has 3 unspecified atom stereocenters. The van der Waals surface area contributed by atoms with Crippen LogP contribution >= 0.6 is 0 Å². The summed E-state index contributed by atoms with van der Waals surface area (Å²) in [4.78, 5) is 23.7. The molecule has 0 bridgehead atoms. The first-order valence-corrected chi connectivity index (χ1v) is 7.81. The van der Waals surface area contributed by atoms with Crippen molar-refractivity contribution in [2.45, 2.75) is 45.4 Å². The van der Waals surface area contributed by atoms with Crippen LogP contribution in [-0.4, -0.2) is 36.6 Å². The van der Waals surface area contributed by atoms with Gasteiger partial charge in [0.15, 0.2) is 0 Å². The average molecular weight is 282 g/mol. The van der Waals surface area contributed by atoms with Crippen molar-refractivity contribution in [3.63, 3.8) is 0 Å². The quantitative estimate of drug-likeness (QED) is 0.712. The third-order valence-electron chi connectivity index (χ3n) is 5.15. The fraction of sp³-hybridized carbons (Fsp3) is 0.867. The third kappa shape index (κ3) is 3.14. The Morgan fingerprint density at radius 3 is 2.70 bits per heavy atom. The van der Waals surface area contributed by atoms with Crippen molar-refractivity contribution in [3.05, 3.63) is 0 Å². The van der Waals surface area contributed by atoms with Gasteiger partial charge < -0.3 is 15.7 Å². The second-order valence-corrected chi connectivity index (χ2v) is 6.26. The molecule has 1 heterocycles. The minimum atomic E-state index is -0.711. The first-order chi connectivity index (χ1) is 9.59. The summed E-state index contributed by atoms with van der Waals surface area (Å²) in [5.41, 5.74) is -0.284. The van der Waals surface area contributed by atoms with Gasteiger partial charge in [0.25, 0.3) is 0 Å². The minimum absolute atomic E-state index is 0.0912. The van der Waals surface area contributed by atoms with E-state index >= 15 is 0 Å². The smallest absolute Gasteiger partial charge is 0.306 e. The maximum Gasteiger partial charge on any atom is 0.306 e. The number of rotatable bonds is 5. The standard InChI is InChI=1S/C15H26N2O3/c1-2-15(7-8-16-10-15)14(20)17-9-11-5-3-4-6-12(11)13(18)19/h11-12,16H,2-10H2,1H3,(H,17,20)(H,18,19). The molecule has 3 atom stereocenters. The van der Waals surface area contributed by atoms with Gasteiger partial charge in [0.2, 0.25) is 5.91 Å². The van der Waals surface area contributed by atoms with Crippen LogP contribution in [0.1, 0.15) is 45.4 Å². The zero-order valence-corrected chi connectivity index (χ0v) is 12.3. The van der Waals surface area contributed by atoms with Crippen molar-refractivity contribution >= 4 is 11.9 Å². The molecule has 1 aliphatic heterocycles. The molecule has 0 aromatic rings. The van der Waals surface area contributed by atoms with E-state index in [1.165, 1.54) is 0 Å². The first-order valence-electron chi connectivity index (χ1n) is 7.81. The molecule has 1 aliphatic carbocycles. The largest absolute Gasteiger partial charge is 0.481 e. The Hall–Kier alpha value is -1.10. The Morgan fingerprint density at radius 1 is 1.35 bits per heavy atom. The van der Waals surface area contributed by atoms with Gasteiger partial charge in [0.05, 0.1) is 11.3 Å².